The van der Waals surface area contributed by atoms with Crippen LogP contribution in [0.5, 0.6) is 0 Å². The van der Waals surface area contributed by atoms with Crippen molar-refractivity contribution in [1.82, 2.24) is 10.2 Å². The Balaban J connectivity index is 1.88. The van der Waals surface area contributed by atoms with Crippen LogP contribution in [-0.4, -0.2) is 41.1 Å². The molecule has 1 N–H and O–H groups in total. The fraction of sp³-hybridized carbons (Fsp3) is 0.900. The fourth-order valence-electron chi connectivity index (χ4n) is 2.15. The highest BCUT2D eigenvalue weighted by Gasteiger charge is 2.57. The topological polar surface area (TPSA) is 32.3 Å². The van der Waals surface area contributed by atoms with Gasteiger partial charge in [-0.1, -0.05) is 0 Å². The molecule has 0 bridgehead atoms. The van der Waals surface area contributed by atoms with Gasteiger partial charge in [0.1, 0.15) is 0 Å². The van der Waals surface area contributed by atoms with Crippen molar-refractivity contribution in [3.63, 3.8) is 0 Å². The Morgan fingerprint density at radius 3 is 2.86 bits per heavy atom. The fourth-order valence-corrected chi connectivity index (χ4v) is 2.57. The lowest BCUT2D eigenvalue weighted by Crippen LogP contribution is -2.35. The minimum Gasteiger partial charge on any atom is -0.326 e. The summed E-state index contributed by atoms with van der Waals surface area (Å²) in [7, 11) is 0. The highest BCUT2D eigenvalue weighted by Crippen LogP contribution is 2.41. The molecule has 1 unspecified atom stereocenters. The molecule has 4 heteroatoms. The monoisotopic (exact) mass is 214 g/mol. The van der Waals surface area contributed by atoms with Crippen molar-refractivity contribution in [2.24, 2.45) is 0 Å². The molecule has 1 heterocycles. The Bertz CT molecular complexity index is 240. The quantitative estimate of drug-likeness (QED) is 0.710. The number of hydrogen-bond acceptors (Lipinski definition) is 3. The van der Waals surface area contributed by atoms with E-state index < -0.39 is 0 Å². The number of nitrogens with one attached hydrogen (secondary N) is 1. The summed E-state index contributed by atoms with van der Waals surface area (Å²) in [6.45, 7) is 3.00. The van der Waals surface area contributed by atoms with Crippen LogP contribution in [0.4, 0.5) is 0 Å². The SMILES string of the molecule is CSCCCN1C(=O)C2(CC2)NC1C. The lowest BCUT2D eigenvalue weighted by Gasteiger charge is -2.20. The van der Waals surface area contributed by atoms with E-state index in [0.29, 0.717) is 5.91 Å². The van der Waals surface area contributed by atoms with Crippen molar-refractivity contribution in [2.75, 3.05) is 18.6 Å². The van der Waals surface area contributed by atoms with Gasteiger partial charge in [-0.05, 0) is 38.2 Å². The van der Waals surface area contributed by atoms with E-state index >= 15 is 0 Å². The molecule has 14 heavy (non-hydrogen) atoms. The summed E-state index contributed by atoms with van der Waals surface area (Å²) in [4.78, 5) is 14.0. The second-order valence-electron chi connectivity index (χ2n) is 4.25. The van der Waals surface area contributed by atoms with E-state index in [2.05, 4.69) is 18.5 Å². The van der Waals surface area contributed by atoms with Crippen LogP contribution >= 0.6 is 11.8 Å². The third-order valence-corrected chi connectivity index (χ3v) is 3.82. The first-order valence-corrected chi connectivity index (χ1v) is 6.67. The second-order valence-corrected chi connectivity index (χ2v) is 5.23. The minimum absolute atomic E-state index is 0.126. The number of hydrogen-bond donors (Lipinski definition) is 1. The summed E-state index contributed by atoms with van der Waals surface area (Å²) < 4.78 is 0. The van der Waals surface area contributed by atoms with Gasteiger partial charge < -0.3 is 4.90 Å². The zero-order valence-electron chi connectivity index (χ0n) is 8.88. The van der Waals surface area contributed by atoms with Crippen LogP contribution < -0.4 is 5.32 Å². The molecule has 1 aliphatic heterocycles. The minimum atomic E-state index is -0.126. The molecule has 2 fully saturated rings. The van der Waals surface area contributed by atoms with Crippen LogP contribution in [-0.2, 0) is 4.79 Å². The van der Waals surface area contributed by atoms with E-state index in [1.807, 2.05) is 16.7 Å². The Labute approximate surface area is 89.6 Å². The van der Waals surface area contributed by atoms with Crippen LogP contribution in [0, 0.1) is 0 Å². The lowest BCUT2D eigenvalue weighted by atomic mass is 10.3. The van der Waals surface area contributed by atoms with Gasteiger partial charge in [0.2, 0.25) is 5.91 Å². The average molecular weight is 214 g/mol. The van der Waals surface area contributed by atoms with Crippen LogP contribution in [0.3, 0.4) is 0 Å². The molecular weight excluding hydrogens is 196 g/mol. The second kappa shape index (κ2) is 3.74. The Morgan fingerprint density at radius 1 is 1.64 bits per heavy atom. The van der Waals surface area contributed by atoms with Gasteiger partial charge in [0.25, 0.3) is 0 Å². The van der Waals surface area contributed by atoms with Crippen LogP contribution in [0.25, 0.3) is 0 Å². The van der Waals surface area contributed by atoms with Gasteiger partial charge in [-0.2, -0.15) is 11.8 Å². The molecular formula is C10H18N2OS. The van der Waals surface area contributed by atoms with Gasteiger partial charge in [-0.15, -0.1) is 0 Å². The molecule has 1 saturated carbocycles. The van der Waals surface area contributed by atoms with Gasteiger partial charge in [-0.3, -0.25) is 10.1 Å². The van der Waals surface area contributed by atoms with Gasteiger partial charge in [0.15, 0.2) is 0 Å². The number of carbonyl (C=O) groups excluding carboxylic acids is 1. The van der Waals surface area contributed by atoms with Crippen molar-refractivity contribution < 1.29 is 4.79 Å². The van der Waals surface area contributed by atoms with E-state index in [9.17, 15) is 4.79 Å². The summed E-state index contributed by atoms with van der Waals surface area (Å²) in [6, 6.07) is 0. The molecule has 1 atom stereocenters. The van der Waals surface area contributed by atoms with Crippen molar-refractivity contribution in [3.05, 3.63) is 0 Å². The zero-order chi connectivity index (χ0) is 10.2. The average Bonchev–Trinajstić information content (AvgIpc) is 2.88. The number of thioether (sulfide) groups is 1. The molecule has 2 rings (SSSR count). The van der Waals surface area contributed by atoms with E-state index in [-0.39, 0.29) is 11.7 Å². The summed E-state index contributed by atoms with van der Waals surface area (Å²) in [6.07, 6.45) is 5.53. The number of rotatable bonds is 4. The highest BCUT2D eigenvalue weighted by molar-refractivity contribution is 7.98. The smallest absolute Gasteiger partial charge is 0.244 e. The Kier molecular flexibility index (Phi) is 2.75. The third kappa shape index (κ3) is 1.65. The molecule has 0 aromatic rings. The first kappa shape index (κ1) is 10.3. The first-order chi connectivity index (χ1) is 6.69. The van der Waals surface area contributed by atoms with Gasteiger partial charge in [0, 0.05) is 6.54 Å². The summed E-state index contributed by atoms with van der Waals surface area (Å²) in [5, 5.41) is 3.40. The molecule has 80 valence electrons. The molecule has 1 spiro atoms. The van der Waals surface area contributed by atoms with Crippen molar-refractivity contribution in [2.45, 2.75) is 37.9 Å². The van der Waals surface area contributed by atoms with Crippen molar-refractivity contribution in [3.8, 4) is 0 Å². The predicted octanol–water partition coefficient (Wildman–Crippen LogP) is 1.05. The maximum Gasteiger partial charge on any atom is 0.244 e. The highest BCUT2D eigenvalue weighted by atomic mass is 32.2. The third-order valence-electron chi connectivity index (χ3n) is 3.12. The number of nitrogens with zero attached hydrogens (tertiary/aromatic N) is 1. The normalized spacial score (nSPS) is 28.9. The largest absolute Gasteiger partial charge is 0.326 e. The summed E-state index contributed by atoms with van der Waals surface area (Å²) in [5.74, 6) is 1.48. The molecule has 1 saturated heterocycles. The van der Waals surface area contributed by atoms with Crippen LogP contribution in [0.1, 0.15) is 26.2 Å². The first-order valence-electron chi connectivity index (χ1n) is 5.27. The molecule has 3 nitrogen and oxygen atoms in total. The van der Waals surface area contributed by atoms with E-state index in [1.54, 1.807) is 0 Å². The number of amides is 1. The molecule has 1 amide bonds. The van der Waals surface area contributed by atoms with Gasteiger partial charge in [0.05, 0.1) is 11.7 Å². The maximum atomic E-state index is 12.0. The lowest BCUT2D eigenvalue weighted by molar-refractivity contribution is -0.130. The van der Waals surface area contributed by atoms with Gasteiger partial charge >= 0.3 is 0 Å². The van der Waals surface area contributed by atoms with Crippen LogP contribution in [0.15, 0.2) is 0 Å². The van der Waals surface area contributed by atoms with E-state index in [0.717, 1.165) is 31.6 Å². The Hall–Kier alpha value is -0.220. The molecule has 0 aromatic heterocycles. The summed E-state index contributed by atoms with van der Waals surface area (Å²) in [5.41, 5.74) is -0.126. The molecule has 2 aliphatic rings. The molecule has 0 aromatic carbocycles. The van der Waals surface area contributed by atoms with Gasteiger partial charge in [-0.25, -0.2) is 0 Å². The Morgan fingerprint density at radius 2 is 2.36 bits per heavy atom. The maximum absolute atomic E-state index is 12.0. The predicted molar refractivity (Wildman–Crippen MR) is 59.3 cm³/mol. The van der Waals surface area contributed by atoms with Crippen LogP contribution in [0.2, 0.25) is 0 Å². The summed E-state index contributed by atoms with van der Waals surface area (Å²) >= 11 is 1.84. The van der Waals surface area contributed by atoms with E-state index in [4.69, 9.17) is 0 Å². The van der Waals surface area contributed by atoms with E-state index in [1.165, 1.54) is 0 Å². The van der Waals surface area contributed by atoms with Crippen molar-refractivity contribution in [1.29, 1.82) is 0 Å². The standard InChI is InChI=1S/C10H18N2OS/c1-8-11-10(4-5-10)9(13)12(8)6-3-7-14-2/h8,11H,3-7H2,1-2H3. The molecule has 0 radical (unpaired) electrons. The number of carbonyl (C=O) groups is 1. The van der Waals surface area contributed by atoms with Crippen molar-refractivity contribution >= 4 is 17.7 Å². The zero-order valence-corrected chi connectivity index (χ0v) is 9.69. The molecule has 1 aliphatic carbocycles.